The number of carbonyl (C=O) groups is 1. The number of halogens is 1. The first-order valence-corrected chi connectivity index (χ1v) is 9.96. The van der Waals surface area contributed by atoms with Gasteiger partial charge in [0.1, 0.15) is 6.54 Å². The Hall–Kier alpha value is -3.38. The molecule has 0 saturated carbocycles. The smallest absolute Gasteiger partial charge is 0.249 e. The van der Waals surface area contributed by atoms with Crippen molar-refractivity contribution in [3.05, 3.63) is 82.6 Å². The molecule has 152 valence electrons. The van der Waals surface area contributed by atoms with Crippen molar-refractivity contribution < 1.29 is 9.21 Å². The third-order valence-electron chi connectivity index (χ3n) is 4.95. The predicted molar refractivity (Wildman–Crippen MR) is 116 cm³/mol. The highest BCUT2D eigenvalue weighted by molar-refractivity contribution is 6.30. The number of aryl methyl sites for hydroxylation is 1. The monoisotopic (exact) mass is 420 g/mol. The van der Waals surface area contributed by atoms with Crippen molar-refractivity contribution in [1.29, 1.82) is 0 Å². The fourth-order valence-electron chi connectivity index (χ4n) is 3.29. The average molecular weight is 421 g/mol. The maximum atomic E-state index is 12.5. The van der Waals surface area contributed by atoms with E-state index in [1.54, 1.807) is 0 Å². The molecule has 0 saturated heterocycles. The van der Waals surface area contributed by atoms with Crippen molar-refractivity contribution in [2.45, 2.75) is 26.9 Å². The van der Waals surface area contributed by atoms with E-state index in [0.717, 1.165) is 28.1 Å². The molecule has 30 heavy (non-hydrogen) atoms. The van der Waals surface area contributed by atoms with Crippen molar-refractivity contribution in [2.24, 2.45) is 0 Å². The van der Waals surface area contributed by atoms with E-state index in [1.807, 2.05) is 79.1 Å². The van der Waals surface area contributed by atoms with Crippen LogP contribution < -0.4 is 5.32 Å². The Kier molecular flexibility index (Phi) is 5.68. The van der Waals surface area contributed by atoms with Crippen LogP contribution in [0.3, 0.4) is 0 Å². The summed E-state index contributed by atoms with van der Waals surface area (Å²) in [7, 11) is 0. The van der Waals surface area contributed by atoms with Gasteiger partial charge in [0, 0.05) is 28.5 Å². The second kappa shape index (κ2) is 8.55. The van der Waals surface area contributed by atoms with E-state index in [4.69, 9.17) is 16.0 Å². The Morgan fingerprint density at radius 3 is 2.47 bits per heavy atom. The van der Waals surface area contributed by atoms with Gasteiger partial charge in [-0.3, -0.25) is 4.79 Å². The van der Waals surface area contributed by atoms with E-state index in [0.29, 0.717) is 23.3 Å². The van der Waals surface area contributed by atoms with Crippen LogP contribution in [-0.2, 0) is 17.9 Å². The first-order chi connectivity index (χ1) is 14.5. The molecular weight excluding hydrogens is 400 g/mol. The van der Waals surface area contributed by atoms with Crippen LogP contribution in [0.2, 0.25) is 5.02 Å². The largest absolute Gasteiger partial charge is 0.416 e. The number of amides is 1. The number of hydrogen-bond donors (Lipinski definition) is 1. The normalized spacial score (nSPS) is 10.9. The number of aromatic nitrogens is 3. The first-order valence-electron chi connectivity index (χ1n) is 9.58. The van der Waals surface area contributed by atoms with Crippen molar-refractivity contribution in [2.75, 3.05) is 0 Å². The summed E-state index contributed by atoms with van der Waals surface area (Å²) in [6, 6.07) is 19.0. The van der Waals surface area contributed by atoms with Crippen LogP contribution in [0.5, 0.6) is 0 Å². The molecule has 0 aliphatic rings. The molecule has 0 atom stereocenters. The molecular formula is C23H21ClN4O2. The predicted octanol–water partition coefficient (Wildman–Crippen LogP) is 4.79. The highest BCUT2D eigenvalue weighted by Gasteiger charge is 2.18. The topological polar surface area (TPSA) is 73.0 Å². The highest BCUT2D eigenvalue weighted by atomic mass is 35.5. The fraction of sp³-hybridized carbons (Fsp3) is 0.174. The fourth-order valence-corrected chi connectivity index (χ4v) is 3.42. The van der Waals surface area contributed by atoms with Gasteiger partial charge in [-0.15, -0.1) is 10.2 Å². The summed E-state index contributed by atoms with van der Waals surface area (Å²) in [6.07, 6.45) is 0. The lowest BCUT2D eigenvalue weighted by Gasteiger charge is -2.10. The number of benzene rings is 2. The Labute approximate surface area is 179 Å². The molecule has 2 heterocycles. The molecule has 2 aromatic carbocycles. The first kappa shape index (κ1) is 19.9. The lowest BCUT2D eigenvalue weighted by Crippen LogP contribution is -2.27. The van der Waals surface area contributed by atoms with Gasteiger partial charge in [-0.2, -0.15) is 0 Å². The van der Waals surface area contributed by atoms with Crippen LogP contribution >= 0.6 is 11.6 Å². The van der Waals surface area contributed by atoms with Crippen molar-refractivity contribution >= 4 is 17.5 Å². The summed E-state index contributed by atoms with van der Waals surface area (Å²) < 4.78 is 7.82. The molecule has 0 radical (unpaired) electrons. The van der Waals surface area contributed by atoms with Crippen LogP contribution in [-0.4, -0.2) is 20.7 Å². The minimum Gasteiger partial charge on any atom is -0.416 e. The van der Waals surface area contributed by atoms with Crippen molar-refractivity contribution in [3.8, 4) is 22.9 Å². The summed E-state index contributed by atoms with van der Waals surface area (Å²) in [5, 5.41) is 12.0. The molecule has 2 aromatic heterocycles. The minimum atomic E-state index is -0.0752. The molecule has 0 bridgehead atoms. The lowest BCUT2D eigenvalue weighted by atomic mass is 10.2. The molecule has 4 aromatic rings. The van der Waals surface area contributed by atoms with Gasteiger partial charge in [0.25, 0.3) is 0 Å². The van der Waals surface area contributed by atoms with Gasteiger partial charge in [0.15, 0.2) is 0 Å². The summed E-state index contributed by atoms with van der Waals surface area (Å²) in [4.78, 5) is 12.5. The number of hydrogen-bond acceptors (Lipinski definition) is 4. The second-order valence-corrected chi connectivity index (χ2v) is 7.49. The zero-order valence-corrected chi connectivity index (χ0v) is 17.5. The third kappa shape index (κ3) is 4.28. The van der Waals surface area contributed by atoms with Crippen LogP contribution in [0.4, 0.5) is 0 Å². The molecule has 6 nitrogen and oxygen atoms in total. The molecule has 0 aliphatic carbocycles. The van der Waals surface area contributed by atoms with E-state index in [-0.39, 0.29) is 12.5 Å². The zero-order chi connectivity index (χ0) is 21.1. The summed E-state index contributed by atoms with van der Waals surface area (Å²) in [6.45, 7) is 4.57. The Morgan fingerprint density at radius 2 is 1.73 bits per heavy atom. The Bertz CT molecular complexity index is 1160. The lowest BCUT2D eigenvalue weighted by molar-refractivity contribution is -0.121. The van der Waals surface area contributed by atoms with Gasteiger partial charge in [0.2, 0.25) is 17.7 Å². The quantitative estimate of drug-likeness (QED) is 0.486. The van der Waals surface area contributed by atoms with Gasteiger partial charge < -0.3 is 14.3 Å². The van der Waals surface area contributed by atoms with Gasteiger partial charge in [-0.25, -0.2) is 0 Å². The van der Waals surface area contributed by atoms with E-state index in [2.05, 4.69) is 15.5 Å². The van der Waals surface area contributed by atoms with Crippen LogP contribution in [0.1, 0.15) is 17.0 Å². The second-order valence-electron chi connectivity index (χ2n) is 7.05. The molecule has 0 fully saturated rings. The third-order valence-corrected chi connectivity index (χ3v) is 5.21. The van der Waals surface area contributed by atoms with Gasteiger partial charge >= 0.3 is 0 Å². The SMILES string of the molecule is Cc1cc(-c2nnc(-c3ccccc3)o2)c(C)n1CC(=O)NCc1ccc(Cl)cc1. The maximum absolute atomic E-state index is 12.5. The number of rotatable bonds is 6. The van der Waals surface area contributed by atoms with E-state index in [1.165, 1.54) is 0 Å². The van der Waals surface area contributed by atoms with Gasteiger partial charge in [-0.1, -0.05) is 41.9 Å². The highest BCUT2D eigenvalue weighted by Crippen LogP contribution is 2.28. The van der Waals surface area contributed by atoms with Crippen molar-refractivity contribution in [3.63, 3.8) is 0 Å². The summed E-state index contributed by atoms with van der Waals surface area (Å²) in [5.74, 6) is 0.833. The van der Waals surface area contributed by atoms with E-state index in [9.17, 15) is 4.79 Å². The van der Waals surface area contributed by atoms with Gasteiger partial charge in [0.05, 0.1) is 5.56 Å². The Balaban J connectivity index is 1.47. The van der Waals surface area contributed by atoms with Gasteiger partial charge in [-0.05, 0) is 49.7 Å². The Morgan fingerprint density at radius 1 is 1.03 bits per heavy atom. The van der Waals surface area contributed by atoms with Crippen LogP contribution in [0.25, 0.3) is 22.9 Å². The molecule has 1 N–H and O–H groups in total. The molecule has 0 spiro atoms. The minimum absolute atomic E-state index is 0.0752. The standard InChI is InChI=1S/C23H21ClN4O2/c1-15-12-20(23-27-26-22(30-23)18-6-4-3-5-7-18)16(2)28(15)14-21(29)25-13-17-8-10-19(24)11-9-17/h3-12H,13-14H2,1-2H3,(H,25,29). The molecule has 4 rings (SSSR count). The van der Waals surface area contributed by atoms with Crippen LogP contribution in [0, 0.1) is 13.8 Å². The molecule has 0 aliphatic heterocycles. The molecule has 1 amide bonds. The number of nitrogens with one attached hydrogen (secondary N) is 1. The summed E-state index contributed by atoms with van der Waals surface area (Å²) >= 11 is 5.90. The average Bonchev–Trinajstić information content (AvgIpc) is 3.35. The molecule has 0 unspecified atom stereocenters. The van der Waals surface area contributed by atoms with Crippen molar-refractivity contribution in [1.82, 2.24) is 20.1 Å². The summed E-state index contributed by atoms with van der Waals surface area (Å²) in [5.41, 5.74) is 4.54. The van der Waals surface area contributed by atoms with E-state index >= 15 is 0 Å². The molecule has 7 heteroatoms. The van der Waals surface area contributed by atoms with E-state index < -0.39 is 0 Å². The maximum Gasteiger partial charge on any atom is 0.249 e. The zero-order valence-electron chi connectivity index (χ0n) is 16.7. The number of carbonyl (C=O) groups excluding carboxylic acids is 1. The number of nitrogens with zero attached hydrogens (tertiary/aromatic N) is 3. The van der Waals surface area contributed by atoms with Crippen LogP contribution in [0.15, 0.2) is 65.1 Å².